The van der Waals surface area contributed by atoms with E-state index < -0.39 is 196 Å². The lowest BCUT2D eigenvalue weighted by atomic mass is 9.12. The lowest BCUT2D eigenvalue weighted by Crippen LogP contribution is -2.81. The Hall–Kier alpha value is -5.57. The van der Waals surface area contributed by atoms with Crippen LogP contribution in [0.5, 0.6) is 0 Å². The van der Waals surface area contributed by atoms with Gasteiger partial charge < -0.3 is 0 Å². The van der Waals surface area contributed by atoms with E-state index in [0.717, 1.165) is 0 Å². The molecule has 0 aliphatic carbocycles. The molecule has 0 heterocycles. The molecule has 62 heavy (non-hydrogen) atoms. The van der Waals surface area contributed by atoms with Crippen LogP contribution in [0.4, 0.5) is 110 Å². The first-order valence-electron chi connectivity index (χ1n) is 15.3. The summed E-state index contributed by atoms with van der Waals surface area (Å²) in [6.07, 6.45) is -3.99. The summed E-state index contributed by atoms with van der Waals surface area (Å²) in [6.45, 7) is 0. The van der Waals surface area contributed by atoms with Crippen LogP contribution in [0.2, 0.25) is 0 Å². The van der Waals surface area contributed by atoms with Gasteiger partial charge >= 0.3 is 0 Å². The number of Topliss-reactive ketones (excluding diaryl/α,β-unsaturated/α-hetero) is 1. The summed E-state index contributed by atoms with van der Waals surface area (Å²) in [6, 6.07) is 0. The van der Waals surface area contributed by atoms with E-state index in [0.29, 0.717) is 0 Å². The summed E-state index contributed by atoms with van der Waals surface area (Å²) in [5, 5.41) is 0. The molecule has 0 atom stereocenters. The largest absolute Gasteiger partial charge is 0.289 e. The zero-order valence-electron chi connectivity index (χ0n) is 29.1. The second-order valence-corrected chi connectivity index (χ2v) is 14.6. The highest BCUT2D eigenvalue weighted by atomic mass is 32.2. The van der Waals surface area contributed by atoms with Gasteiger partial charge in [-0.25, -0.2) is 110 Å². The zero-order chi connectivity index (χ0) is 47.7. The van der Waals surface area contributed by atoms with Crippen molar-refractivity contribution < 1.29 is 115 Å². The Balaban J connectivity index is 0.000000416. The molecule has 28 heteroatoms. The maximum Gasteiger partial charge on any atom is 0.217 e. The van der Waals surface area contributed by atoms with Gasteiger partial charge in [0.05, 0.1) is 12.5 Å². The van der Waals surface area contributed by atoms with Gasteiger partial charge in [-0.2, -0.15) is 0 Å². The molecular weight excluding hydrogens is 942 g/mol. The molecule has 0 unspecified atom stereocenters. The van der Waals surface area contributed by atoms with Crippen LogP contribution < -0.4 is 21.9 Å². The summed E-state index contributed by atoms with van der Waals surface area (Å²) < 4.78 is 359. The van der Waals surface area contributed by atoms with E-state index in [1.54, 1.807) is 12.5 Å². The quantitative estimate of drug-likeness (QED) is 0.0402. The topological polar surface area (TPSA) is 17.1 Å². The van der Waals surface area contributed by atoms with Gasteiger partial charge in [0.25, 0.3) is 0 Å². The van der Waals surface area contributed by atoms with Gasteiger partial charge in [-0.1, -0.05) is 0 Å². The smallest absolute Gasteiger partial charge is 0.217 e. The van der Waals surface area contributed by atoms with Crippen LogP contribution in [-0.2, 0) is 10.9 Å². The summed E-state index contributed by atoms with van der Waals surface area (Å²) in [5.41, 5.74) is -15.7. The standard InChI is InChI=1S/C24BF20.C10H8F5OS/c26-5-1(6(27)14(35)21(42)13(5)34)25(2-7(28)15(36)22(43)16(37)8(2)29,3-9(30)17(38)23(44)18(39)10(3)31)4-11(32)19(40)24(45)20(41)12(4)33;1-17(2)3-4(16)5-6(11)8(13)10(15)9(14)7(5)12/h;3H2,1-2H3/q-1;+1. The van der Waals surface area contributed by atoms with Crippen molar-refractivity contribution in [3.05, 3.63) is 151 Å². The predicted molar refractivity (Wildman–Crippen MR) is 164 cm³/mol. The van der Waals surface area contributed by atoms with Gasteiger partial charge in [0.15, 0.2) is 98.8 Å². The minimum Gasteiger partial charge on any atom is -0.289 e. The Kier molecular flexibility index (Phi) is 13.7. The molecule has 0 saturated carbocycles. The normalized spacial score (nSPS) is 11.7. The summed E-state index contributed by atoms with van der Waals surface area (Å²) in [4.78, 5) is 11.4. The van der Waals surface area contributed by atoms with E-state index in [4.69, 9.17) is 0 Å². The molecule has 0 bridgehead atoms. The molecule has 0 amide bonds. The van der Waals surface area contributed by atoms with Gasteiger partial charge in [-0.05, 0) is 10.9 Å². The molecule has 0 aliphatic rings. The third kappa shape index (κ3) is 7.25. The Bertz CT molecular complexity index is 2310. The molecule has 0 saturated heterocycles. The van der Waals surface area contributed by atoms with Crippen LogP contribution in [0.15, 0.2) is 0 Å². The van der Waals surface area contributed by atoms with Crippen LogP contribution in [-0.4, -0.2) is 30.2 Å². The SMILES string of the molecule is C[S+](C)CC(=O)c1c(F)c(F)c(F)c(F)c1F.Fc1c(F)c(F)c([B-](c2c(F)c(F)c(F)c(F)c2F)(c2c(F)c(F)c(F)c(F)c2F)c2c(F)c(F)c(F)c(F)c2F)c(F)c1F. The van der Waals surface area contributed by atoms with Crippen molar-refractivity contribution in [3.63, 3.8) is 0 Å². The van der Waals surface area contributed by atoms with E-state index in [1.807, 2.05) is 0 Å². The molecule has 0 N–H and O–H groups in total. The Labute approximate surface area is 328 Å². The second kappa shape index (κ2) is 17.3. The number of rotatable bonds is 7. The summed E-state index contributed by atoms with van der Waals surface area (Å²) in [7, 11) is -0.503. The number of ketones is 1. The first-order valence-corrected chi connectivity index (χ1v) is 17.5. The lowest BCUT2D eigenvalue weighted by Gasteiger charge is -2.44. The maximum atomic E-state index is 15.4. The van der Waals surface area contributed by atoms with Crippen molar-refractivity contribution in [1.82, 2.24) is 0 Å². The predicted octanol–water partition coefficient (Wildman–Crippen LogP) is 8.29. The highest BCUT2D eigenvalue weighted by molar-refractivity contribution is 7.96. The molecular formula is C34H8BF25OS. The zero-order valence-corrected chi connectivity index (χ0v) is 29.9. The molecule has 5 rings (SSSR count). The second-order valence-electron chi connectivity index (χ2n) is 12.3. The van der Waals surface area contributed by atoms with Crippen LogP contribution in [0.25, 0.3) is 0 Å². The van der Waals surface area contributed by atoms with Gasteiger partial charge in [-0.15, -0.1) is 21.9 Å². The van der Waals surface area contributed by atoms with Crippen LogP contribution in [0, 0.1) is 145 Å². The van der Waals surface area contributed by atoms with Crippen molar-refractivity contribution in [2.75, 3.05) is 18.3 Å². The van der Waals surface area contributed by atoms with E-state index in [-0.39, 0.29) is 5.75 Å². The fraction of sp³-hybridized carbons (Fsp3) is 0.0882. The van der Waals surface area contributed by atoms with Crippen molar-refractivity contribution >= 4 is 44.7 Å². The third-order valence-electron chi connectivity index (χ3n) is 8.62. The Morgan fingerprint density at radius 3 is 0.597 bits per heavy atom. The highest BCUT2D eigenvalue weighted by Crippen LogP contribution is 2.31. The van der Waals surface area contributed by atoms with Crippen LogP contribution in [0.1, 0.15) is 10.4 Å². The van der Waals surface area contributed by atoms with Crippen LogP contribution >= 0.6 is 0 Å². The van der Waals surface area contributed by atoms with E-state index >= 15 is 35.1 Å². The molecule has 5 aromatic carbocycles. The minimum atomic E-state index is -7.22. The van der Waals surface area contributed by atoms with E-state index in [1.165, 1.54) is 0 Å². The molecule has 0 aromatic heterocycles. The summed E-state index contributed by atoms with van der Waals surface area (Å²) in [5.74, 6) is -83.4. The third-order valence-corrected chi connectivity index (χ3v) is 9.46. The van der Waals surface area contributed by atoms with Crippen molar-refractivity contribution in [3.8, 4) is 0 Å². The fourth-order valence-corrected chi connectivity index (χ4v) is 6.73. The Morgan fingerprint density at radius 1 is 0.290 bits per heavy atom. The fourth-order valence-electron chi connectivity index (χ4n) is 6.06. The number of hydrogen-bond acceptors (Lipinski definition) is 1. The molecule has 1 nitrogen and oxygen atoms in total. The van der Waals surface area contributed by atoms with Crippen LogP contribution in [0.3, 0.4) is 0 Å². The number of hydrogen-bond donors (Lipinski definition) is 0. The average molecular weight is 950 g/mol. The maximum absolute atomic E-state index is 15.4. The highest BCUT2D eigenvalue weighted by Gasteiger charge is 2.52. The summed E-state index contributed by atoms with van der Waals surface area (Å²) >= 11 is 0. The molecule has 5 aromatic rings. The van der Waals surface area contributed by atoms with E-state index in [2.05, 4.69) is 0 Å². The molecule has 334 valence electrons. The molecule has 0 fully saturated rings. The number of carbonyl (C=O) groups is 1. The van der Waals surface area contributed by atoms with Gasteiger partial charge in [-0.3, -0.25) is 4.79 Å². The average Bonchev–Trinajstić information content (AvgIpc) is 3.22. The number of benzene rings is 5. The van der Waals surface area contributed by atoms with Gasteiger partial charge in [0.1, 0.15) is 58.2 Å². The van der Waals surface area contributed by atoms with Gasteiger partial charge in [0, 0.05) is 0 Å². The first-order chi connectivity index (χ1) is 28.5. The molecule has 0 aliphatic heterocycles. The number of halogens is 25. The lowest BCUT2D eigenvalue weighted by molar-refractivity contribution is 0.101. The van der Waals surface area contributed by atoms with Crippen molar-refractivity contribution in [2.45, 2.75) is 0 Å². The van der Waals surface area contributed by atoms with E-state index in [9.17, 15) is 79.4 Å². The first kappa shape index (κ1) is 49.1. The Morgan fingerprint density at radius 2 is 0.435 bits per heavy atom. The van der Waals surface area contributed by atoms with Crippen molar-refractivity contribution in [2.24, 2.45) is 0 Å². The molecule has 0 spiro atoms. The monoisotopic (exact) mass is 950 g/mol. The number of carbonyl (C=O) groups excluding carboxylic acids is 1. The minimum absolute atomic E-state index is 0.266. The van der Waals surface area contributed by atoms with Crippen molar-refractivity contribution in [1.29, 1.82) is 0 Å². The van der Waals surface area contributed by atoms with Gasteiger partial charge in [0.2, 0.25) is 11.6 Å². The molecule has 0 radical (unpaired) electrons.